The number of para-hydroxylation sites is 2. The van der Waals surface area contributed by atoms with E-state index in [0.717, 1.165) is 4.80 Å². The number of hydrogen-bond donors (Lipinski definition) is 1. The maximum absolute atomic E-state index is 12.4. The largest absolute Gasteiger partial charge is 0.495 e. The number of methoxy groups -OCH3 is 1. The summed E-state index contributed by atoms with van der Waals surface area (Å²) in [5.74, 6) is -0.141. The highest BCUT2D eigenvalue weighted by molar-refractivity contribution is 6.21. The van der Waals surface area contributed by atoms with Gasteiger partial charge in [0, 0.05) is 13.0 Å². The van der Waals surface area contributed by atoms with Crippen molar-refractivity contribution in [1.29, 1.82) is 0 Å². The van der Waals surface area contributed by atoms with E-state index in [1.165, 1.54) is 12.0 Å². The molecule has 10 nitrogen and oxygen atoms in total. The quantitative estimate of drug-likeness (QED) is 0.585. The summed E-state index contributed by atoms with van der Waals surface area (Å²) in [6.45, 7) is -0.0104. The lowest BCUT2D eigenvalue weighted by Gasteiger charge is -2.11. The maximum Gasteiger partial charge on any atom is 0.261 e. The summed E-state index contributed by atoms with van der Waals surface area (Å²) in [6.07, 6.45) is 0.236. The molecule has 0 saturated carbocycles. The third-order valence-electron chi connectivity index (χ3n) is 4.60. The minimum Gasteiger partial charge on any atom is -0.495 e. The lowest BCUT2D eigenvalue weighted by Crippen LogP contribution is -2.32. The van der Waals surface area contributed by atoms with E-state index >= 15 is 0 Å². The van der Waals surface area contributed by atoms with Crippen LogP contribution in [0, 0.1) is 0 Å². The van der Waals surface area contributed by atoms with Gasteiger partial charge in [0.15, 0.2) is 5.82 Å². The molecule has 10 heteroatoms. The van der Waals surface area contributed by atoms with Crippen LogP contribution in [0.5, 0.6) is 5.75 Å². The number of ether oxygens (including phenoxy) is 1. The number of amides is 3. The molecule has 4 rings (SSSR count). The molecule has 30 heavy (non-hydrogen) atoms. The average Bonchev–Trinajstić information content (AvgIpc) is 3.29. The molecule has 1 N–H and O–H groups in total. The minimum absolute atomic E-state index is 0.130. The van der Waals surface area contributed by atoms with Gasteiger partial charge in [-0.15, -0.1) is 10.2 Å². The number of fused-ring (bicyclic) bond motifs is 1. The average molecular weight is 406 g/mol. The van der Waals surface area contributed by atoms with Crippen molar-refractivity contribution in [3.05, 3.63) is 65.5 Å². The van der Waals surface area contributed by atoms with Crippen LogP contribution in [-0.2, 0) is 17.8 Å². The molecule has 152 valence electrons. The molecule has 0 fully saturated rings. The van der Waals surface area contributed by atoms with Crippen molar-refractivity contribution in [1.82, 2.24) is 25.1 Å². The molecule has 3 aromatic rings. The summed E-state index contributed by atoms with van der Waals surface area (Å²) >= 11 is 0. The number of carbonyl (C=O) groups is 3. The number of imide groups is 1. The molecule has 0 saturated heterocycles. The molecule has 0 atom stereocenters. The van der Waals surface area contributed by atoms with E-state index in [9.17, 15) is 14.4 Å². The number of anilines is 1. The van der Waals surface area contributed by atoms with Crippen molar-refractivity contribution >= 4 is 23.4 Å². The van der Waals surface area contributed by atoms with Crippen molar-refractivity contribution < 1.29 is 19.1 Å². The molecular formula is C20H18N6O4. The molecule has 3 amide bonds. The number of nitrogens with one attached hydrogen (secondary N) is 1. The summed E-state index contributed by atoms with van der Waals surface area (Å²) in [7, 11) is 1.52. The van der Waals surface area contributed by atoms with Crippen LogP contribution < -0.4 is 10.1 Å². The first-order chi connectivity index (χ1) is 14.6. The van der Waals surface area contributed by atoms with Gasteiger partial charge >= 0.3 is 0 Å². The van der Waals surface area contributed by atoms with Gasteiger partial charge in [0.05, 0.1) is 23.9 Å². The topological polar surface area (TPSA) is 119 Å². The highest BCUT2D eigenvalue weighted by Crippen LogP contribution is 2.23. The number of tetrazole rings is 1. The number of nitrogens with zero attached hydrogens (tertiary/aromatic N) is 5. The first kappa shape index (κ1) is 19.2. The van der Waals surface area contributed by atoms with Crippen molar-refractivity contribution in [2.24, 2.45) is 0 Å². The van der Waals surface area contributed by atoms with Gasteiger partial charge in [-0.1, -0.05) is 24.3 Å². The van der Waals surface area contributed by atoms with E-state index in [4.69, 9.17) is 4.74 Å². The van der Waals surface area contributed by atoms with Gasteiger partial charge in [0.2, 0.25) is 5.91 Å². The van der Waals surface area contributed by atoms with Gasteiger partial charge in [0.25, 0.3) is 11.8 Å². The third kappa shape index (κ3) is 3.75. The van der Waals surface area contributed by atoms with Crippen LogP contribution in [0.25, 0.3) is 0 Å². The Bertz CT molecular complexity index is 1090. The molecule has 1 aliphatic heterocycles. The lowest BCUT2D eigenvalue weighted by molar-refractivity contribution is -0.117. The minimum atomic E-state index is -0.344. The van der Waals surface area contributed by atoms with Crippen molar-refractivity contribution in [3.8, 4) is 5.75 Å². The maximum atomic E-state index is 12.4. The molecule has 1 aliphatic rings. The second kappa shape index (κ2) is 8.11. The van der Waals surface area contributed by atoms with Crippen LogP contribution in [0.4, 0.5) is 5.69 Å². The molecular weight excluding hydrogens is 388 g/mol. The SMILES string of the molecule is COc1ccccc1NC(=O)Cn1nnc(CCN2C(=O)c3ccccc3C2=O)n1. The zero-order valence-corrected chi connectivity index (χ0v) is 16.1. The first-order valence-electron chi connectivity index (χ1n) is 9.21. The number of carbonyl (C=O) groups excluding carboxylic acids is 3. The first-order valence-corrected chi connectivity index (χ1v) is 9.21. The summed E-state index contributed by atoms with van der Waals surface area (Å²) in [5.41, 5.74) is 1.33. The van der Waals surface area contributed by atoms with E-state index in [1.807, 2.05) is 0 Å². The van der Waals surface area contributed by atoms with Crippen LogP contribution in [0.3, 0.4) is 0 Å². The van der Waals surface area contributed by atoms with Gasteiger partial charge < -0.3 is 10.1 Å². The lowest BCUT2D eigenvalue weighted by atomic mass is 10.1. The van der Waals surface area contributed by atoms with E-state index in [-0.39, 0.29) is 37.2 Å². The highest BCUT2D eigenvalue weighted by atomic mass is 16.5. The van der Waals surface area contributed by atoms with Crippen LogP contribution in [0.2, 0.25) is 0 Å². The second-order valence-corrected chi connectivity index (χ2v) is 6.54. The van der Waals surface area contributed by atoms with Crippen LogP contribution in [0.15, 0.2) is 48.5 Å². The number of rotatable bonds is 7. The standard InChI is InChI=1S/C20H18N6O4/c1-30-16-9-5-4-8-15(16)21-18(27)12-26-23-17(22-24-26)10-11-25-19(28)13-6-2-3-7-14(13)20(25)29/h2-9H,10-12H2,1H3,(H,21,27). The molecule has 0 spiro atoms. The Morgan fingerprint density at radius 1 is 1.03 bits per heavy atom. The monoisotopic (exact) mass is 406 g/mol. The number of benzene rings is 2. The van der Waals surface area contributed by atoms with Gasteiger partial charge in [-0.05, 0) is 29.5 Å². The molecule has 0 bridgehead atoms. The Balaban J connectivity index is 1.34. The fourth-order valence-electron chi connectivity index (χ4n) is 3.16. The molecule has 1 aromatic heterocycles. The smallest absolute Gasteiger partial charge is 0.261 e. The van der Waals surface area contributed by atoms with Crippen LogP contribution in [-0.4, -0.2) is 56.5 Å². The molecule has 0 unspecified atom stereocenters. The second-order valence-electron chi connectivity index (χ2n) is 6.54. The summed E-state index contributed by atoms with van der Waals surface area (Å²) in [4.78, 5) is 39.3. The zero-order valence-electron chi connectivity index (χ0n) is 16.1. The Kier molecular flexibility index (Phi) is 5.21. The Morgan fingerprint density at radius 2 is 1.70 bits per heavy atom. The van der Waals surface area contributed by atoms with Crippen LogP contribution >= 0.6 is 0 Å². The zero-order chi connectivity index (χ0) is 21.1. The normalized spacial score (nSPS) is 12.8. The van der Waals surface area contributed by atoms with Gasteiger partial charge in [-0.2, -0.15) is 4.80 Å². The Morgan fingerprint density at radius 3 is 2.40 bits per heavy atom. The molecule has 2 heterocycles. The number of hydrogen-bond acceptors (Lipinski definition) is 7. The fraction of sp³-hybridized carbons (Fsp3) is 0.200. The molecule has 2 aromatic carbocycles. The molecule has 0 aliphatic carbocycles. The summed E-state index contributed by atoms with van der Waals surface area (Å²) in [6, 6.07) is 13.7. The Labute approximate surface area is 171 Å². The van der Waals surface area contributed by atoms with Crippen LogP contribution in [0.1, 0.15) is 26.5 Å². The summed E-state index contributed by atoms with van der Waals surface area (Å²) in [5, 5.41) is 14.6. The van der Waals surface area contributed by atoms with E-state index in [0.29, 0.717) is 28.4 Å². The van der Waals surface area contributed by atoms with Gasteiger partial charge in [-0.25, -0.2) is 0 Å². The summed E-state index contributed by atoms with van der Waals surface area (Å²) < 4.78 is 5.20. The van der Waals surface area contributed by atoms with Crippen molar-refractivity contribution in [2.45, 2.75) is 13.0 Å². The van der Waals surface area contributed by atoms with E-state index in [1.54, 1.807) is 48.5 Å². The van der Waals surface area contributed by atoms with E-state index in [2.05, 4.69) is 20.7 Å². The predicted octanol–water partition coefficient (Wildman–Crippen LogP) is 1.16. The van der Waals surface area contributed by atoms with Crippen molar-refractivity contribution in [3.63, 3.8) is 0 Å². The van der Waals surface area contributed by atoms with Gasteiger partial charge in [0.1, 0.15) is 12.3 Å². The number of aromatic nitrogens is 4. The highest BCUT2D eigenvalue weighted by Gasteiger charge is 2.34. The molecule has 0 radical (unpaired) electrons. The Hall–Kier alpha value is -4.08. The predicted molar refractivity (Wildman–Crippen MR) is 105 cm³/mol. The fourth-order valence-corrected chi connectivity index (χ4v) is 3.16. The van der Waals surface area contributed by atoms with Gasteiger partial charge in [-0.3, -0.25) is 19.3 Å². The third-order valence-corrected chi connectivity index (χ3v) is 4.60. The van der Waals surface area contributed by atoms with E-state index < -0.39 is 0 Å². The van der Waals surface area contributed by atoms with Crippen molar-refractivity contribution in [2.75, 3.05) is 19.0 Å².